The average molecular weight is 314 g/mol. The van der Waals surface area contributed by atoms with Gasteiger partial charge < -0.3 is 15.4 Å². The molecule has 0 spiro atoms. The minimum absolute atomic E-state index is 0.0166. The molecular formula is C17H22N4O2. The molecule has 0 aliphatic carbocycles. The molecule has 23 heavy (non-hydrogen) atoms. The number of nitrogens with one attached hydrogen (secondary N) is 2. The maximum absolute atomic E-state index is 12.2. The fourth-order valence-electron chi connectivity index (χ4n) is 2.86. The minimum Gasteiger partial charge on any atom is -0.483 e. The van der Waals surface area contributed by atoms with E-state index in [2.05, 4.69) is 15.7 Å². The summed E-state index contributed by atoms with van der Waals surface area (Å²) in [6.45, 7) is 5.65. The van der Waals surface area contributed by atoms with Gasteiger partial charge in [-0.25, -0.2) is 0 Å². The van der Waals surface area contributed by atoms with E-state index in [0.29, 0.717) is 0 Å². The van der Waals surface area contributed by atoms with Gasteiger partial charge in [0.05, 0.1) is 5.69 Å². The third-order valence-electron chi connectivity index (χ3n) is 4.02. The van der Waals surface area contributed by atoms with Crippen LogP contribution in [-0.4, -0.2) is 28.8 Å². The van der Waals surface area contributed by atoms with E-state index in [1.165, 1.54) is 5.56 Å². The molecule has 1 aliphatic rings. The Labute approximate surface area is 135 Å². The molecule has 1 amide bonds. The zero-order valence-corrected chi connectivity index (χ0v) is 13.8. The van der Waals surface area contributed by atoms with Crippen LogP contribution in [0.25, 0.3) is 0 Å². The Morgan fingerprint density at radius 2 is 2.26 bits per heavy atom. The van der Waals surface area contributed by atoms with Gasteiger partial charge in [0.1, 0.15) is 11.6 Å². The molecule has 0 fully saturated rings. The number of benzene rings is 1. The Hall–Kier alpha value is -2.34. The molecule has 6 heteroatoms. The van der Waals surface area contributed by atoms with Gasteiger partial charge in [-0.2, -0.15) is 5.10 Å². The number of amides is 1. The van der Waals surface area contributed by atoms with Gasteiger partial charge in [0, 0.05) is 32.1 Å². The summed E-state index contributed by atoms with van der Waals surface area (Å²) in [5.74, 6) is 1.31. The molecular weight excluding hydrogens is 292 g/mol. The van der Waals surface area contributed by atoms with Gasteiger partial charge in [0.15, 0.2) is 6.61 Å². The Kier molecular flexibility index (Phi) is 4.34. The normalized spacial score (nSPS) is 13.5. The smallest absolute Gasteiger partial charge is 0.263 e. The molecule has 1 aliphatic heterocycles. The van der Waals surface area contributed by atoms with Crippen LogP contribution in [0.1, 0.15) is 22.4 Å². The highest BCUT2D eigenvalue weighted by molar-refractivity contribution is 5.92. The van der Waals surface area contributed by atoms with Gasteiger partial charge in [0.2, 0.25) is 0 Å². The number of hydrogen-bond donors (Lipinski definition) is 2. The first-order chi connectivity index (χ1) is 11.0. The third-order valence-corrected chi connectivity index (χ3v) is 4.02. The zero-order valence-electron chi connectivity index (χ0n) is 13.8. The van der Waals surface area contributed by atoms with Crippen molar-refractivity contribution >= 4 is 11.7 Å². The molecule has 2 aromatic rings. The topological polar surface area (TPSA) is 68.2 Å². The lowest BCUT2D eigenvalue weighted by Crippen LogP contribution is -2.26. The van der Waals surface area contributed by atoms with Crippen molar-refractivity contribution < 1.29 is 9.53 Å². The second-order valence-corrected chi connectivity index (χ2v) is 5.93. The van der Waals surface area contributed by atoms with Crippen LogP contribution in [-0.2, 0) is 24.8 Å². The van der Waals surface area contributed by atoms with Crippen LogP contribution in [0.5, 0.6) is 5.75 Å². The molecule has 0 bridgehead atoms. The first-order valence-electron chi connectivity index (χ1n) is 7.80. The summed E-state index contributed by atoms with van der Waals surface area (Å²) >= 11 is 0. The highest BCUT2D eigenvalue weighted by atomic mass is 16.5. The number of carbonyl (C=O) groups excluding carboxylic acids is 1. The van der Waals surface area contributed by atoms with Crippen molar-refractivity contribution in [1.29, 1.82) is 0 Å². The van der Waals surface area contributed by atoms with Crippen molar-refractivity contribution in [3.8, 4) is 5.75 Å². The lowest BCUT2D eigenvalue weighted by atomic mass is 10.1. The first kappa shape index (κ1) is 15.6. The van der Waals surface area contributed by atoms with Crippen molar-refractivity contribution in [2.75, 3.05) is 18.5 Å². The van der Waals surface area contributed by atoms with E-state index in [9.17, 15) is 4.79 Å². The summed E-state index contributed by atoms with van der Waals surface area (Å²) in [6, 6.07) is 5.91. The molecule has 2 heterocycles. The minimum atomic E-state index is -0.179. The molecule has 1 aromatic heterocycles. The summed E-state index contributed by atoms with van der Waals surface area (Å²) < 4.78 is 7.36. The second-order valence-electron chi connectivity index (χ2n) is 5.93. The standard InChI is InChI=1S/C17H22N4O2/c1-11-4-5-15(12(2)8-11)23-10-16(22)19-17-13-9-18-7-6-14(13)20-21(17)3/h4-5,8,18H,6-7,9-10H2,1-3H3,(H,19,22). The Morgan fingerprint density at radius 1 is 1.43 bits per heavy atom. The summed E-state index contributed by atoms with van der Waals surface area (Å²) in [7, 11) is 1.85. The number of aryl methyl sites for hydroxylation is 3. The number of carbonyl (C=O) groups is 1. The van der Waals surface area contributed by atoms with Crippen LogP contribution < -0.4 is 15.4 Å². The lowest BCUT2D eigenvalue weighted by Gasteiger charge is -2.14. The summed E-state index contributed by atoms with van der Waals surface area (Å²) in [6.07, 6.45) is 0.887. The maximum Gasteiger partial charge on any atom is 0.263 e. The third kappa shape index (κ3) is 3.37. The molecule has 122 valence electrons. The predicted octanol–water partition coefficient (Wildman–Crippen LogP) is 1.70. The molecule has 3 rings (SSSR count). The number of fused-ring (bicyclic) bond motifs is 1. The van der Waals surface area contributed by atoms with Crippen molar-refractivity contribution in [1.82, 2.24) is 15.1 Å². The van der Waals surface area contributed by atoms with E-state index in [0.717, 1.165) is 47.9 Å². The van der Waals surface area contributed by atoms with E-state index in [-0.39, 0.29) is 12.5 Å². The molecule has 1 aromatic carbocycles. The molecule has 0 radical (unpaired) electrons. The Balaban J connectivity index is 1.65. The lowest BCUT2D eigenvalue weighted by molar-refractivity contribution is -0.118. The molecule has 0 saturated heterocycles. The zero-order chi connectivity index (χ0) is 16.4. The molecule has 6 nitrogen and oxygen atoms in total. The summed E-state index contributed by atoms with van der Waals surface area (Å²) in [5, 5.41) is 10.7. The van der Waals surface area contributed by atoms with Crippen LogP contribution in [0.2, 0.25) is 0 Å². The maximum atomic E-state index is 12.2. The van der Waals surface area contributed by atoms with Crippen molar-refractivity contribution in [2.45, 2.75) is 26.8 Å². The molecule has 2 N–H and O–H groups in total. The monoisotopic (exact) mass is 314 g/mol. The van der Waals surface area contributed by atoms with Gasteiger partial charge in [-0.05, 0) is 25.5 Å². The van der Waals surface area contributed by atoms with Crippen molar-refractivity contribution in [3.63, 3.8) is 0 Å². The van der Waals surface area contributed by atoms with E-state index >= 15 is 0 Å². The Bertz CT molecular complexity index is 736. The molecule has 0 saturated carbocycles. The van der Waals surface area contributed by atoms with Crippen LogP contribution in [0, 0.1) is 13.8 Å². The van der Waals surface area contributed by atoms with Crippen LogP contribution in [0.15, 0.2) is 18.2 Å². The fraction of sp³-hybridized carbons (Fsp3) is 0.412. The number of hydrogen-bond acceptors (Lipinski definition) is 4. The largest absolute Gasteiger partial charge is 0.483 e. The van der Waals surface area contributed by atoms with Gasteiger partial charge in [0.25, 0.3) is 5.91 Å². The summed E-state index contributed by atoms with van der Waals surface area (Å²) in [4.78, 5) is 12.2. The predicted molar refractivity (Wildman–Crippen MR) is 88.7 cm³/mol. The average Bonchev–Trinajstić information content (AvgIpc) is 2.82. The Morgan fingerprint density at radius 3 is 3.04 bits per heavy atom. The van der Waals surface area contributed by atoms with E-state index in [1.54, 1.807) is 4.68 Å². The van der Waals surface area contributed by atoms with Gasteiger partial charge in [-0.1, -0.05) is 17.7 Å². The van der Waals surface area contributed by atoms with E-state index in [4.69, 9.17) is 4.74 Å². The second kappa shape index (κ2) is 6.42. The summed E-state index contributed by atoms with van der Waals surface area (Å²) in [5.41, 5.74) is 4.32. The van der Waals surface area contributed by atoms with Gasteiger partial charge >= 0.3 is 0 Å². The molecule has 0 unspecified atom stereocenters. The number of nitrogens with zero attached hydrogens (tertiary/aromatic N) is 2. The SMILES string of the molecule is Cc1ccc(OCC(=O)Nc2c3c(nn2C)CCNC3)c(C)c1. The van der Waals surface area contributed by atoms with Crippen LogP contribution in [0.4, 0.5) is 5.82 Å². The van der Waals surface area contributed by atoms with Crippen LogP contribution in [0.3, 0.4) is 0 Å². The quantitative estimate of drug-likeness (QED) is 0.901. The van der Waals surface area contributed by atoms with E-state index < -0.39 is 0 Å². The first-order valence-corrected chi connectivity index (χ1v) is 7.80. The van der Waals surface area contributed by atoms with Gasteiger partial charge in [-0.15, -0.1) is 0 Å². The highest BCUT2D eigenvalue weighted by Crippen LogP contribution is 2.22. The fourth-order valence-corrected chi connectivity index (χ4v) is 2.86. The number of aromatic nitrogens is 2. The number of ether oxygens (including phenoxy) is 1. The van der Waals surface area contributed by atoms with Gasteiger partial charge in [-0.3, -0.25) is 9.48 Å². The highest BCUT2D eigenvalue weighted by Gasteiger charge is 2.20. The van der Waals surface area contributed by atoms with E-state index in [1.807, 2.05) is 39.1 Å². The van der Waals surface area contributed by atoms with Crippen LogP contribution >= 0.6 is 0 Å². The number of rotatable bonds is 4. The van der Waals surface area contributed by atoms with Crippen molar-refractivity contribution in [3.05, 3.63) is 40.6 Å². The number of anilines is 1. The van der Waals surface area contributed by atoms with Crippen molar-refractivity contribution in [2.24, 2.45) is 7.05 Å². The molecule has 0 atom stereocenters.